The molecule has 0 saturated heterocycles. The summed E-state index contributed by atoms with van der Waals surface area (Å²) < 4.78 is 5.86. The zero-order valence-electron chi connectivity index (χ0n) is 38.7. The number of hydrogen-bond donors (Lipinski definition) is 3. The number of esters is 1. The van der Waals surface area contributed by atoms with Crippen LogP contribution < -0.4 is 5.32 Å². The highest BCUT2D eigenvalue weighted by molar-refractivity contribution is 5.77. The van der Waals surface area contributed by atoms with Crippen molar-refractivity contribution in [2.75, 3.05) is 6.61 Å². The second-order valence-corrected chi connectivity index (χ2v) is 15.7. The summed E-state index contributed by atoms with van der Waals surface area (Å²) in [5, 5.41) is 23.7. The molecule has 3 N–H and O–H groups in total. The highest BCUT2D eigenvalue weighted by atomic mass is 16.5. The minimum Gasteiger partial charge on any atom is -0.462 e. The van der Waals surface area contributed by atoms with Crippen LogP contribution in [0, 0.1) is 0 Å². The summed E-state index contributed by atoms with van der Waals surface area (Å²) in [6, 6.07) is -0.743. The minimum atomic E-state index is -0.823. The third kappa shape index (κ3) is 42.5. The van der Waals surface area contributed by atoms with Crippen molar-refractivity contribution >= 4 is 11.9 Å². The lowest BCUT2D eigenvalue weighted by atomic mass is 10.0. The number of ether oxygens (including phenoxy) is 1. The first-order chi connectivity index (χ1) is 30.0. The van der Waals surface area contributed by atoms with Gasteiger partial charge in [0.05, 0.1) is 25.2 Å². The number of hydrogen-bond acceptors (Lipinski definition) is 5. The van der Waals surface area contributed by atoms with E-state index in [1.54, 1.807) is 0 Å². The smallest absolute Gasteiger partial charge is 0.306 e. The van der Waals surface area contributed by atoms with Crippen LogP contribution in [0.3, 0.4) is 0 Å². The third-order valence-electron chi connectivity index (χ3n) is 10.0. The minimum absolute atomic E-state index is 0.000416. The summed E-state index contributed by atoms with van der Waals surface area (Å²) in [6.45, 7) is 6.13. The predicted molar refractivity (Wildman–Crippen MR) is 263 cm³/mol. The molecule has 61 heavy (non-hydrogen) atoms. The molecule has 0 aliphatic heterocycles. The maximum Gasteiger partial charge on any atom is 0.306 e. The molecule has 3 atom stereocenters. The van der Waals surface area contributed by atoms with Crippen LogP contribution in [0.2, 0.25) is 0 Å². The van der Waals surface area contributed by atoms with Gasteiger partial charge in [-0.2, -0.15) is 0 Å². The van der Waals surface area contributed by atoms with Gasteiger partial charge < -0.3 is 20.3 Å². The van der Waals surface area contributed by atoms with Crippen molar-refractivity contribution in [3.05, 3.63) is 134 Å². The van der Waals surface area contributed by atoms with Gasteiger partial charge in [-0.15, -0.1) is 0 Å². The molecule has 0 aromatic rings. The van der Waals surface area contributed by atoms with E-state index in [0.29, 0.717) is 19.3 Å². The van der Waals surface area contributed by atoms with E-state index in [4.69, 9.17) is 4.74 Å². The van der Waals surface area contributed by atoms with E-state index >= 15 is 0 Å². The molecule has 0 radical (unpaired) electrons. The van der Waals surface area contributed by atoms with E-state index in [1.165, 1.54) is 57.8 Å². The average Bonchev–Trinajstić information content (AvgIpc) is 3.25. The van der Waals surface area contributed by atoms with E-state index in [1.807, 2.05) is 109 Å². The molecule has 6 nitrogen and oxygen atoms in total. The van der Waals surface area contributed by atoms with E-state index in [2.05, 4.69) is 50.4 Å². The van der Waals surface area contributed by atoms with E-state index < -0.39 is 18.2 Å². The van der Waals surface area contributed by atoms with Crippen molar-refractivity contribution in [3.8, 4) is 0 Å². The monoisotopic (exact) mass is 842 g/mol. The Balaban J connectivity index is 4.83. The van der Waals surface area contributed by atoms with Gasteiger partial charge in [-0.05, 0) is 57.8 Å². The molecule has 0 aromatic carbocycles. The van der Waals surface area contributed by atoms with Crippen LogP contribution in [0.1, 0.15) is 175 Å². The number of aliphatic hydroxyl groups is 2. The number of aliphatic hydroxyl groups excluding tert-OH is 2. The predicted octanol–water partition coefficient (Wildman–Crippen LogP) is 14.3. The molecule has 0 spiro atoms. The molecule has 0 aromatic heterocycles. The second kappa shape index (κ2) is 47.1. The van der Waals surface area contributed by atoms with Gasteiger partial charge in [-0.1, -0.05) is 238 Å². The lowest BCUT2D eigenvalue weighted by molar-refractivity contribution is -0.151. The summed E-state index contributed by atoms with van der Waals surface area (Å²) in [5.74, 6) is -0.615. The Kier molecular flexibility index (Phi) is 44.0. The number of rotatable bonds is 40. The van der Waals surface area contributed by atoms with Crippen LogP contribution in [0.25, 0.3) is 0 Å². The van der Waals surface area contributed by atoms with Crippen molar-refractivity contribution in [2.24, 2.45) is 0 Å². The molecule has 0 heterocycles. The number of nitrogens with one attached hydrogen (secondary N) is 1. The molecule has 0 aliphatic carbocycles. The topological polar surface area (TPSA) is 95.9 Å². The molecule has 0 rings (SSSR count). The zero-order valence-corrected chi connectivity index (χ0v) is 38.7. The summed E-state index contributed by atoms with van der Waals surface area (Å²) >= 11 is 0. The van der Waals surface area contributed by atoms with Crippen LogP contribution in [-0.4, -0.2) is 46.9 Å². The van der Waals surface area contributed by atoms with Gasteiger partial charge in [-0.25, -0.2) is 0 Å². The van der Waals surface area contributed by atoms with Gasteiger partial charge in [0.2, 0.25) is 5.91 Å². The number of unbranched alkanes of at least 4 members (excludes halogenated alkanes) is 15. The molecule has 1 amide bonds. The Bertz CT molecular complexity index is 1360. The number of allylic oxidation sites excluding steroid dienone is 22. The van der Waals surface area contributed by atoms with Gasteiger partial charge in [-0.3, -0.25) is 9.59 Å². The molecule has 0 bridgehead atoms. The number of amides is 1. The van der Waals surface area contributed by atoms with Crippen molar-refractivity contribution < 1.29 is 24.5 Å². The Labute approximate surface area is 373 Å². The van der Waals surface area contributed by atoms with Gasteiger partial charge in [0, 0.05) is 6.42 Å². The van der Waals surface area contributed by atoms with Crippen molar-refractivity contribution in [1.29, 1.82) is 0 Å². The average molecular weight is 842 g/mol. The summed E-state index contributed by atoms with van der Waals surface area (Å²) in [7, 11) is 0. The fraction of sp³-hybridized carbons (Fsp3) is 0.564. The van der Waals surface area contributed by atoms with Crippen LogP contribution in [0.15, 0.2) is 134 Å². The fourth-order valence-corrected chi connectivity index (χ4v) is 6.43. The summed E-state index contributed by atoms with van der Waals surface area (Å²) in [6.07, 6.45) is 66.5. The molecular weight excluding hydrogens is 755 g/mol. The molecule has 0 fully saturated rings. The van der Waals surface area contributed by atoms with Crippen LogP contribution >= 0.6 is 0 Å². The Morgan fingerprint density at radius 2 is 0.902 bits per heavy atom. The Morgan fingerprint density at radius 1 is 0.492 bits per heavy atom. The SMILES string of the molecule is CC\C=C/C=C/C=C/C=C\C=C\C=C\CCCCCC(=O)OC(CCC/C=C/C=C\C=C/C=C/C=C/CC)CC(=O)NC(CO)C(O)CCCCCCCCCCCCCC. The second-order valence-electron chi connectivity index (χ2n) is 15.7. The maximum absolute atomic E-state index is 13.2. The molecule has 6 heteroatoms. The largest absolute Gasteiger partial charge is 0.462 e. The van der Waals surface area contributed by atoms with Crippen LogP contribution in [-0.2, 0) is 14.3 Å². The first kappa shape index (κ1) is 57.0. The number of carbonyl (C=O) groups excluding carboxylic acids is 2. The highest BCUT2D eigenvalue weighted by Gasteiger charge is 2.24. The van der Waals surface area contributed by atoms with Crippen molar-refractivity contribution in [1.82, 2.24) is 5.32 Å². The van der Waals surface area contributed by atoms with E-state index in [9.17, 15) is 19.8 Å². The van der Waals surface area contributed by atoms with Crippen LogP contribution in [0.5, 0.6) is 0 Å². The van der Waals surface area contributed by atoms with Gasteiger partial charge in [0.1, 0.15) is 6.10 Å². The standard InChI is InChI=1S/C55H87NO5/c1-4-7-10-13-16-19-22-25-26-27-28-30-33-36-39-42-45-48-55(60)61-51(46-43-40-37-34-31-29-23-20-17-14-11-8-5-2)49-54(59)56-52(50-57)53(58)47-44-41-38-35-32-24-21-18-15-12-9-6-3/h7-8,10-11,13-14,16-17,19-20,22-23,25-31,33-34,37,51-53,57-58H,4-6,9,12,15,18,21,24,32,35-36,38-50H2,1-3H3,(H,56,59)/b10-7-,11-8+,16-13+,17-14+,22-19+,23-20-,26-25-,28-27+,31-29-,33-30+,37-34+. The normalized spacial score (nSPS) is 14.5. The van der Waals surface area contributed by atoms with Crippen molar-refractivity contribution in [3.63, 3.8) is 0 Å². The Hall–Kier alpha value is -4.00. The van der Waals surface area contributed by atoms with E-state index in [-0.39, 0.29) is 24.9 Å². The van der Waals surface area contributed by atoms with Gasteiger partial charge in [0.15, 0.2) is 0 Å². The Morgan fingerprint density at radius 3 is 1.36 bits per heavy atom. The molecule has 342 valence electrons. The molecule has 0 aliphatic rings. The zero-order chi connectivity index (χ0) is 44.5. The van der Waals surface area contributed by atoms with Gasteiger partial charge in [0.25, 0.3) is 0 Å². The van der Waals surface area contributed by atoms with E-state index in [0.717, 1.165) is 70.6 Å². The lowest BCUT2D eigenvalue weighted by Gasteiger charge is -2.24. The first-order valence-corrected chi connectivity index (χ1v) is 24.1. The highest BCUT2D eigenvalue weighted by Crippen LogP contribution is 2.16. The molecule has 0 saturated carbocycles. The first-order valence-electron chi connectivity index (χ1n) is 24.1. The molecule has 3 unspecified atom stereocenters. The van der Waals surface area contributed by atoms with Gasteiger partial charge >= 0.3 is 5.97 Å². The maximum atomic E-state index is 13.2. The fourth-order valence-electron chi connectivity index (χ4n) is 6.43. The lowest BCUT2D eigenvalue weighted by Crippen LogP contribution is -2.46. The number of carbonyl (C=O) groups is 2. The summed E-state index contributed by atoms with van der Waals surface area (Å²) in [5.41, 5.74) is 0. The quantitative estimate of drug-likeness (QED) is 0.0324. The molecular formula is C55H87NO5. The van der Waals surface area contributed by atoms with Crippen molar-refractivity contribution in [2.45, 2.75) is 193 Å². The third-order valence-corrected chi connectivity index (χ3v) is 10.0. The van der Waals surface area contributed by atoms with Crippen LogP contribution in [0.4, 0.5) is 0 Å². The summed E-state index contributed by atoms with van der Waals surface area (Å²) in [4.78, 5) is 26.1.